The van der Waals surface area contributed by atoms with Crippen LogP contribution in [0.3, 0.4) is 0 Å². The van der Waals surface area contributed by atoms with Gasteiger partial charge in [-0.1, -0.05) is 18.2 Å². The fourth-order valence-corrected chi connectivity index (χ4v) is 2.16. The number of hydrogen-bond acceptors (Lipinski definition) is 2. The largest absolute Gasteiger partial charge is 0.494 e. The molecule has 0 aliphatic rings. The van der Waals surface area contributed by atoms with Crippen molar-refractivity contribution in [3.05, 3.63) is 64.7 Å². The molecule has 1 N–H and O–H groups in total. The SMILES string of the molecule is COc1ccc(C(C)NCc2ccc(F)c(C)c2)cc1F. The van der Waals surface area contributed by atoms with E-state index >= 15 is 0 Å². The van der Waals surface area contributed by atoms with Gasteiger partial charge in [-0.2, -0.15) is 0 Å². The molecule has 0 spiro atoms. The highest BCUT2D eigenvalue weighted by Gasteiger charge is 2.09. The average Bonchev–Trinajstić information content (AvgIpc) is 2.48. The van der Waals surface area contributed by atoms with Crippen molar-refractivity contribution in [2.24, 2.45) is 0 Å². The molecule has 0 radical (unpaired) electrons. The minimum Gasteiger partial charge on any atom is -0.494 e. The Bertz CT molecular complexity index is 628. The van der Waals surface area contributed by atoms with Gasteiger partial charge in [-0.15, -0.1) is 0 Å². The Morgan fingerprint density at radius 1 is 1.10 bits per heavy atom. The van der Waals surface area contributed by atoms with Crippen molar-refractivity contribution >= 4 is 0 Å². The van der Waals surface area contributed by atoms with Crippen molar-refractivity contribution in [3.8, 4) is 5.75 Å². The van der Waals surface area contributed by atoms with Gasteiger partial charge in [0.05, 0.1) is 7.11 Å². The van der Waals surface area contributed by atoms with E-state index in [2.05, 4.69) is 5.32 Å². The van der Waals surface area contributed by atoms with Gasteiger partial charge in [-0.25, -0.2) is 8.78 Å². The van der Waals surface area contributed by atoms with Gasteiger partial charge >= 0.3 is 0 Å². The molecule has 4 heteroatoms. The standard InChI is InChI=1S/C17H19F2NO/c1-11-8-13(4-6-15(11)18)10-20-12(2)14-5-7-17(21-3)16(19)9-14/h4-9,12,20H,10H2,1-3H3. The van der Waals surface area contributed by atoms with E-state index in [-0.39, 0.29) is 23.4 Å². The minimum absolute atomic E-state index is 0.0178. The smallest absolute Gasteiger partial charge is 0.165 e. The van der Waals surface area contributed by atoms with Crippen LogP contribution in [-0.2, 0) is 6.54 Å². The monoisotopic (exact) mass is 291 g/mol. The van der Waals surface area contributed by atoms with Crippen molar-refractivity contribution in [2.75, 3.05) is 7.11 Å². The first kappa shape index (κ1) is 15.4. The van der Waals surface area contributed by atoms with E-state index in [0.717, 1.165) is 11.1 Å². The molecule has 0 saturated carbocycles. The molecule has 112 valence electrons. The van der Waals surface area contributed by atoms with Crippen LogP contribution in [0.2, 0.25) is 0 Å². The third-order valence-corrected chi connectivity index (χ3v) is 3.51. The van der Waals surface area contributed by atoms with Crippen LogP contribution in [0.15, 0.2) is 36.4 Å². The summed E-state index contributed by atoms with van der Waals surface area (Å²) in [6, 6.07) is 9.91. The van der Waals surface area contributed by atoms with Gasteiger partial charge in [0.2, 0.25) is 0 Å². The number of rotatable bonds is 5. The summed E-state index contributed by atoms with van der Waals surface area (Å²) in [5.74, 6) is -0.342. The van der Waals surface area contributed by atoms with Crippen LogP contribution >= 0.6 is 0 Å². The van der Waals surface area contributed by atoms with Crippen LogP contribution in [0.5, 0.6) is 5.75 Å². The number of nitrogens with one attached hydrogen (secondary N) is 1. The van der Waals surface area contributed by atoms with E-state index in [1.165, 1.54) is 19.2 Å². The second-order valence-electron chi connectivity index (χ2n) is 5.08. The number of ether oxygens (including phenoxy) is 1. The van der Waals surface area contributed by atoms with Crippen LogP contribution in [0.4, 0.5) is 8.78 Å². The summed E-state index contributed by atoms with van der Waals surface area (Å²) in [5.41, 5.74) is 2.46. The lowest BCUT2D eigenvalue weighted by molar-refractivity contribution is 0.385. The second-order valence-corrected chi connectivity index (χ2v) is 5.08. The number of benzene rings is 2. The van der Waals surface area contributed by atoms with Crippen LogP contribution < -0.4 is 10.1 Å². The topological polar surface area (TPSA) is 21.3 Å². The fraction of sp³-hybridized carbons (Fsp3) is 0.294. The molecule has 2 rings (SSSR count). The van der Waals surface area contributed by atoms with E-state index in [0.29, 0.717) is 12.1 Å². The summed E-state index contributed by atoms with van der Waals surface area (Å²) < 4.78 is 31.8. The first-order valence-corrected chi connectivity index (χ1v) is 6.83. The Balaban J connectivity index is 2.02. The van der Waals surface area contributed by atoms with Gasteiger partial charge in [0.25, 0.3) is 0 Å². The molecular formula is C17H19F2NO. The third-order valence-electron chi connectivity index (χ3n) is 3.51. The summed E-state index contributed by atoms with van der Waals surface area (Å²) in [5, 5.41) is 3.30. The summed E-state index contributed by atoms with van der Waals surface area (Å²) >= 11 is 0. The molecule has 0 fully saturated rings. The lowest BCUT2D eigenvalue weighted by atomic mass is 10.1. The van der Waals surface area contributed by atoms with Crippen molar-refractivity contribution in [3.63, 3.8) is 0 Å². The number of methoxy groups -OCH3 is 1. The molecule has 0 aromatic heterocycles. The minimum atomic E-state index is -0.374. The Morgan fingerprint density at radius 2 is 1.86 bits per heavy atom. The quantitative estimate of drug-likeness (QED) is 0.894. The van der Waals surface area contributed by atoms with Crippen LogP contribution in [-0.4, -0.2) is 7.11 Å². The Kier molecular flexibility index (Phi) is 4.91. The third kappa shape index (κ3) is 3.79. The molecule has 2 aromatic carbocycles. The van der Waals surface area contributed by atoms with Crippen molar-refractivity contribution < 1.29 is 13.5 Å². The molecule has 2 nitrogen and oxygen atoms in total. The molecule has 0 aliphatic heterocycles. The lowest BCUT2D eigenvalue weighted by Crippen LogP contribution is -2.18. The highest BCUT2D eigenvalue weighted by Crippen LogP contribution is 2.22. The van der Waals surface area contributed by atoms with E-state index in [4.69, 9.17) is 4.74 Å². The number of hydrogen-bond donors (Lipinski definition) is 1. The lowest BCUT2D eigenvalue weighted by Gasteiger charge is -2.15. The Hall–Kier alpha value is -1.94. The van der Waals surface area contributed by atoms with Gasteiger partial charge in [0.15, 0.2) is 11.6 Å². The fourth-order valence-electron chi connectivity index (χ4n) is 2.16. The normalized spacial score (nSPS) is 12.2. The van der Waals surface area contributed by atoms with Crippen LogP contribution in [0.1, 0.15) is 29.7 Å². The summed E-state index contributed by atoms with van der Waals surface area (Å²) in [7, 11) is 1.44. The van der Waals surface area contributed by atoms with E-state index < -0.39 is 0 Å². The second kappa shape index (κ2) is 6.68. The van der Waals surface area contributed by atoms with Crippen LogP contribution in [0.25, 0.3) is 0 Å². The molecule has 0 saturated heterocycles. The molecule has 0 bridgehead atoms. The first-order chi connectivity index (χ1) is 10.0. The summed E-state index contributed by atoms with van der Waals surface area (Å²) in [6.07, 6.45) is 0. The van der Waals surface area contributed by atoms with Gasteiger partial charge in [-0.3, -0.25) is 0 Å². The van der Waals surface area contributed by atoms with E-state index in [1.54, 1.807) is 19.1 Å². The average molecular weight is 291 g/mol. The Morgan fingerprint density at radius 3 is 2.48 bits per heavy atom. The molecule has 1 unspecified atom stereocenters. The summed E-state index contributed by atoms with van der Waals surface area (Å²) in [6.45, 7) is 4.29. The maximum Gasteiger partial charge on any atom is 0.165 e. The number of halogens is 2. The highest BCUT2D eigenvalue weighted by atomic mass is 19.1. The summed E-state index contributed by atoms with van der Waals surface area (Å²) in [4.78, 5) is 0. The van der Waals surface area contributed by atoms with Crippen molar-refractivity contribution in [2.45, 2.75) is 26.4 Å². The van der Waals surface area contributed by atoms with E-state index in [9.17, 15) is 8.78 Å². The maximum absolute atomic E-state index is 13.7. The molecule has 0 aliphatic carbocycles. The van der Waals surface area contributed by atoms with Gasteiger partial charge < -0.3 is 10.1 Å². The first-order valence-electron chi connectivity index (χ1n) is 6.83. The number of aryl methyl sites for hydroxylation is 1. The van der Waals surface area contributed by atoms with Gasteiger partial charge in [0.1, 0.15) is 5.82 Å². The molecule has 21 heavy (non-hydrogen) atoms. The maximum atomic E-state index is 13.7. The predicted molar refractivity (Wildman–Crippen MR) is 79.3 cm³/mol. The highest BCUT2D eigenvalue weighted by molar-refractivity contribution is 5.31. The van der Waals surface area contributed by atoms with Gasteiger partial charge in [-0.05, 0) is 48.7 Å². The zero-order valence-corrected chi connectivity index (χ0v) is 12.4. The zero-order valence-electron chi connectivity index (χ0n) is 12.4. The molecule has 0 amide bonds. The molecule has 2 aromatic rings. The van der Waals surface area contributed by atoms with Crippen LogP contribution in [0, 0.1) is 18.6 Å². The molecule has 1 atom stereocenters. The Labute approximate surface area is 123 Å². The molecular weight excluding hydrogens is 272 g/mol. The van der Waals surface area contributed by atoms with Gasteiger partial charge in [0, 0.05) is 12.6 Å². The predicted octanol–water partition coefficient (Wildman–Crippen LogP) is 4.13. The molecule has 0 heterocycles. The van der Waals surface area contributed by atoms with Crippen molar-refractivity contribution in [1.82, 2.24) is 5.32 Å². The van der Waals surface area contributed by atoms with E-state index in [1.807, 2.05) is 19.1 Å². The zero-order chi connectivity index (χ0) is 15.4. The van der Waals surface area contributed by atoms with Crippen molar-refractivity contribution in [1.29, 1.82) is 0 Å².